The monoisotopic (exact) mass is 356 g/mol. The normalized spacial score (nSPS) is 29.7. The summed E-state index contributed by atoms with van der Waals surface area (Å²) < 4.78 is 0. The van der Waals surface area contributed by atoms with Crippen LogP contribution < -0.4 is 11.1 Å². The minimum atomic E-state index is -0.478. The van der Waals surface area contributed by atoms with Crippen molar-refractivity contribution in [1.29, 1.82) is 0 Å². The molecule has 3 aliphatic rings. The molecule has 0 radical (unpaired) electrons. The molecule has 4 rings (SSSR count). The van der Waals surface area contributed by atoms with Gasteiger partial charge in [-0.05, 0) is 54.6 Å². The van der Waals surface area contributed by atoms with Crippen LogP contribution in [-0.4, -0.2) is 40.3 Å². The van der Waals surface area contributed by atoms with Gasteiger partial charge >= 0.3 is 0 Å². The number of nitrogens with two attached hydrogens (primary N) is 1. The lowest BCUT2D eigenvalue weighted by molar-refractivity contribution is -0.138. The number of primary amides is 1. The van der Waals surface area contributed by atoms with Crippen molar-refractivity contribution in [2.24, 2.45) is 22.5 Å². The summed E-state index contributed by atoms with van der Waals surface area (Å²) >= 11 is 0. The number of hydrogen-bond donors (Lipinski definition) is 2. The molecular weight excluding hydrogens is 328 g/mol. The smallest absolute Gasteiger partial charge is 0.246 e. The minimum absolute atomic E-state index is 0.0345. The van der Waals surface area contributed by atoms with E-state index in [0.29, 0.717) is 17.8 Å². The second-order valence-corrected chi connectivity index (χ2v) is 8.76. The first-order valence-electron chi connectivity index (χ1n) is 9.65. The average molecular weight is 356 g/mol. The Kier molecular flexibility index (Phi) is 3.97. The van der Waals surface area contributed by atoms with Gasteiger partial charge in [0.05, 0.1) is 0 Å². The van der Waals surface area contributed by atoms with E-state index in [0.717, 1.165) is 12.8 Å². The van der Waals surface area contributed by atoms with Crippen molar-refractivity contribution < 1.29 is 9.59 Å². The number of aromatic nitrogens is 1. The highest BCUT2D eigenvalue weighted by Gasteiger charge is 2.73. The Labute approximate surface area is 154 Å². The summed E-state index contributed by atoms with van der Waals surface area (Å²) in [5.41, 5.74) is 6.20. The van der Waals surface area contributed by atoms with E-state index in [4.69, 9.17) is 5.73 Å². The zero-order valence-electron chi connectivity index (χ0n) is 15.6. The molecule has 140 valence electrons. The second kappa shape index (κ2) is 5.96. The summed E-state index contributed by atoms with van der Waals surface area (Å²) in [5.74, 6) is 0.335. The molecule has 0 bridgehead atoms. The molecule has 2 spiro atoms. The van der Waals surface area contributed by atoms with E-state index in [1.54, 1.807) is 11.1 Å². The number of pyridine rings is 1. The minimum Gasteiger partial charge on any atom is -0.368 e. The number of nitrogens with one attached hydrogen (secondary N) is 1. The van der Waals surface area contributed by atoms with Crippen molar-refractivity contribution in [3.63, 3.8) is 0 Å². The zero-order chi connectivity index (χ0) is 18.5. The van der Waals surface area contributed by atoms with Crippen molar-refractivity contribution in [2.75, 3.05) is 11.9 Å². The van der Waals surface area contributed by atoms with E-state index < -0.39 is 12.1 Å². The second-order valence-electron chi connectivity index (χ2n) is 8.76. The molecule has 0 aromatic carbocycles. The fourth-order valence-corrected chi connectivity index (χ4v) is 5.19. The van der Waals surface area contributed by atoms with Crippen molar-refractivity contribution >= 4 is 17.6 Å². The number of carbonyl (C=O) groups excluding carboxylic acids is 2. The van der Waals surface area contributed by atoms with Gasteiger partial charge in [-0.1, -0.05) is 26.3 Å². The van der Waals surface area contributed by atoms with E-state index in [2.05, 4.69) is 10.3 Å². The Morgan fingerprint density at radius 1 is 1.31 bits per heavy atom. The number of likely N-dealkylation sites (tertiary alicyclic amines) is 1. The first-order valence-corrected chi connectivity index (χ1v) is 9.65. The van der Waals surface area contributed by atoms with Gasteiger partial charge in [0.15, 0.2) is 0 Å². The molecule has 1 aromatic rings. The van der Waals surface area contributed by atoms with Crippen LogP contribution in [0.4, 0.5) is 5.82 Å². The molecule has 26 heavy (non-hydrogen) atoms. The number of amides is 2. The summed E-state index contributed by atoms with van der Waals surface area (Å²) in [6.45, 7) is 4.69. The number of carbonyl (C=O) groups is 2. The third kappa shape index (κ3) is 2.58. The molecule has 6 heteroatoms. The average Bonchev–Trinajstić information content (AvgIpc) is 3.08. The largest absolute Gasteiger partial charge is 0.368 e. The number of hydrogen-bond acceptors (Lipinski definition) is 4. The number of rotatable bonds is 5. The lowest BCUT2D eigenvalue weighted by Crippen LogP contribution is -2.51. The molecule has 1 saturated heterocycles. The molecule has 2 unspecified atom stereocenters. The Balaban J connectivity index is 1.55. The van der Waals surface area contributed by atoms with Crippen LogP contribution in [0.25, 0.3) is 0 Å². The van der Waals surface area contributed by atoms with Crippen molar-refractivity contribution in [3.8, 4) is 0 Å². The molecule has 6 nitrogen and oxygen atoms in total. The predicted molar refractivity (Wildman–Crippen MR) is 99.1 cm³/mol. The van der Waals surface area contributed by atoms with Crippen LogP contribution in [0.5, 0.6) is 0 Å². The van der Waals surface area contributed by atoms with Gasteiger partial charge in [-0.3, -0.25) is 9.59 Å². The van der Waals surface area contributed by atoms with E-state index in [-0.39, 0.29) is 23.1 Å². The Morgan fingerprint density at radius 3 is 2.58 bits per heavy atom. The number of fused-ring (bicyclic) bond motifs is 1. The van der Waals surface area contributed by atoms with Gasteiger partial charge in [0, 0.05) is 12.7 Å². The molecule has 1 aromatic heterocycles. The first kappa shape index (κ1) is 17.3. The predicted octanol–water partition coefficient (Wildman–Crippen LogP) is 2.16. The maximum atomic E-state index is 13.4. The molecule has 3 fully saturated rings. The van der Waals surface area contributed by atoms with Crippen molar-refractivity contribution in [3.05, 3.63) is 24.4 Å². The highest BCUT2D eigenvalue weighted by atomic mass is 16.2. The lowest BCUT2D eigenvalue weighted by atomic mass is 9.74. The summed E-state index contributed by atoms with van der Waals surface area (Å²) in [4.78, 5) is 31.5. The van der Waals surface area contributed by atoms with Gasteiger partial charge in [0.1, 0.15) is 17.9 Å². The van der Waals surface area contributed by atoms with E-state index in [1.165, 1.54) is 19.3 Å². The highest BCUT2D eigenvalue weighted by molar-refractivity contribution is 5.91. The van der Waals surface area contributed by atoms with Gasteiger partial charge in [-0.15, -0.1) is 0 Å². The van der Waals surface area contributed by atoms with Gasteiger partial charge in [0.25, 0.3) is 0 Å². The van der Waals surface area contributed by atoms with E-state index in [9.17, 15) is 9.59 Å². The molecule has 3 atom stereocenters. The van der Waals surface area contributed by atoms with Crippen LogP contribution in [0.1, 0.15) is 46.0 Å². The van der Waals surface area contributed by atoms with Gasteiger partial charge in [-0.2, -0.15) is 0 Å². The van der Waals surface area contributed by atoms with Crippen molar-refractivity contribution in [2.45, 2.75) is 58.0 Å². The fourth-order valence-electron chi connectivity index (χ4n) is 5.19. The van der Waals surface area contributed by atoms with Crippen LogP contribution in [0.3, 0.4) is 0 Å². The van der Waals surface area contributed by atoms with Gasteiger partial charge in [0.2, 0.25) is 11.8 Å². The molecule has 2 heterocycles. The summed E-state index contributed by atoms with van der Waals surface area (Å²) in [6, 6.07) is 4.69. The standard InChI is InChI=1S/C20H28N4O2/c1-13(2)16(23-15-6-3-4-9-22-15)18(26)24-12-20(10-14(24)17(21)25)11-19(20)7-5-8-19/h3-4,6,9,13-14,16H,5,7-8,10-12H2,1-2H3,(H2,21,25)(H,22,23)/t14?,16?,20-/m1/s1. The van der Waals surface area contributed by atoms with Gasteiger partial charge in [-0.25, -0.2) is 4.98 Å². The van der Waals surface area contributed by atoms with Crippen LogP contribution in [-0.2, 0) is 9.59 Å². The summed E-state index contributed by atoms with van der Waals surface area (Å²) in [5, 5.41) is 3.26. The number of anilines is 1. The highest BCUT2D eigenvalue weighted by Crippen LogP contribution is 2.77. The lowest BCUT2D eigenvalue weighted by Gasteiger charge is -2.32. The Bertz CT molecular complexity index is 716. The van der Waals surface area contributed by atoms with Crippen LogP contribution in [0.2, 0.25) is 0 Å². The topological polar surface area (TPSA) is 88.3 Å². The quantitative estimate of drug-likeness (QED) is 0.846. The fraction of sp³-hybridized carbons (Fsp3) is 0.650. The zero-order valence-corrected chi connectivity index (χ0v) is 15.6. The Morgan fingerprint density at radius 2 is 2.08 bits per heavy atom. The van der Waals surface area contributed by atoms with E-state index >= 15 is 0 Å². The molecule has 2 saturated carbocycles. The van der Waals surface area contributed by atoms with Gasteiger partial charge < -0.3 is 16.0 Å². The molecule has 2 amide bonds. The SMILES string of the molecule is CC(C)C(Nc1ccccn1)C(=O)N1C[C@@]2(CC1C(N)=O)CC21CCC1. The van der Waals surface area contributed by atoms with Crippen LogP contribution in [0, 0.1) is 16.7 Å². The molecule has 2 aliphatic carbocycles. The molecule has 1 aliphatic heterocycles. The maximum absolute atomic E-state index is 13.4. The van der Waals surface area contributed by atoms with Crippen LogP contribution >= 0.6 is 0 Å². The first-order chi connectivity index (χ1) is 12.4. The summed E-state index contributed by atoms with van der Waals surface area (Å²) in [6.07, 6.45) is 7.33. The van der Waals surface area contributed by atoms with E-state index in [1.807, 2.05) is 32.0 Å². The number of nitrogens with zero attached hydrogens (tertiary/aromatic N) is 2. The Hall–Kier alpha value is -2.11. The van der Waals surface area contributed by atoms with Crippen LogP contribution in [0.15, 0.2) is 24.4 Å². The molecule has 3 N–H and O–H groups in total. The third-order valence-electron chi connectivity index (χ3n) is 6.93. The van der Waals surface area contributed by atoms with Crippen molar-refractivity contribution in [1.82, 2.24) is 9.88 Å². The molecular formula is C20H28N4O2. The maximum Gasteiger partial charge on any atom is 0.246 e. The third-order valence-corrected chi connectivity index (χ3v) is 6.93. The summed E-state index contributed by atoms with van der Waals surface area (Å²) in [7, 11) is 0.